The van der Waals surface area contributed by atoms with Gasteiger partial charge in [0.15, 0.2) is 0 Å². The van der Waals surface area contributed by atoms with E-state index in [1.54, 1.807) is 6.92 Å². The third-order valence-electron chi connectivity index (χ3n) is 3.33. The smallest absolute Gasteiger partial charge is 0 e. The molecule has 0 aromatic carbocycles. The van der Waals surface area contributed by atoms with Gasteiger partial charge in [-0.15, -0.1) is 0 Å². The third kappa shape index (κ3) is 9.95. The van der Waals surface area contributed by atoms with Crippen molar-refractivity contribution in [3.8, 4) is 0 Å². The van der Waals surface area contributed by atoms with Gasteiger partial charge >= 0.3 is 0 Å². The summed E-state index contributed by atoms with van der Waals surface area (Å²) in [5, 5.41) is 0. The van der Waals surface area contributed by atoms with Crippen molar-refractivity contribution in [1.29, 1.82) is 0 Å². The molecule has 0 saturated carbocycles. The molecule has 1 radical (unpaired) electrons. The molecular weight excluding hydrogens is 443 g/mol. The number of hydrogen-bond acceptors (Lipinski definition) is 1. The van der Waals surface area contributed by atoms with Gasteiger partial charge in [0.1, 0.15) is 0 Å². The minimum Gasteiger partial charge on any atom is -0.346 e. The Morgan fingerprint density at radius 3 is 2.06 bits per heavy atom. The summed E-state index contributed by atoms with van der Waals surface area (Å²) >= 11 is 4.51. The summed E-state index contributed by atoms with van der Waals surface area (Å²) in [6.45, 7) is 14.2. The van der Waals surface area contributed by atoms with E-state index in [0.717, 1.165) is 11.7 Å². The van der Waals surface area contributed by atoms with Crippen molar-refractivity contribution in [2.45, 2.75) is 66.7 Å². The van der Waals surface area contributed by atoms with Crippen molar-refractivity contribution in [2.75, 3.05) is 5.75 Å². The van der Waals surface area contributed by atoms with Gasteiger partial charge in [-0.3, -0.25) is 0 Å². The van der Waals surface area contributed by atoms with Crippen LogP contribution in [-0.4, -0.2) is 5.75 Å². The summed E-state index contributed by atoms with van der Waals surface area (Å²) in [5.41, 5.74) is 0.487. The van der Waals surface area contributed by atoms with Crippen molar-refractivity contribution in [3.05, 3.63) is 13.3 Å². The Morgan fingerprint density at radius 2 is 1.76 bits per heavy atom. The standard InChI is InChI=1S/C13H27S.C2H5.Pa/c1-5-8-12(11-14)13(4,9-6-2)10-7-3;1-2;/h6,12,14H,5,7-11H2,1-4H3;1H2,2H3;/q2*-1;. The fourth-order valence-electron chi connectivity index (χ4n) is 2.52. The molecule has 0 aliphatic heterocycles. The summed E-state index contributed by atoms with van der Waals surface area (Å²) in [4.78, 5) is 0. The monoisotopic (exact) mass is 475 g/mol. The van der Waals surface area contributed by atoms with Gasteiger partial charge < -0.3 is 13.3 Å². The molecule has 0 bridgehead atoms. The molecule has 0 fully saturated rings. The van der Waals surface area contributed by atoms with Crippen LogP contribution in [0.2, 0.25) is 0 Å². The van der Waals surface area contributed by atoms with Crippen LogP contribution >= 0.6 is 12.6 Å². The van der Waals surface area contributed by atoms with Crippen LogP contribution in [0.4, 0.5) is 0 Å². The van der Waals surface area contributed by atoms with E-state index < -0.39 is 0 Å². The Morgan fingerprint density at radius 1 is 1.24 bits per heavy atom. The van der Waals surface area contributed by atoms with Crippen LogP contribution in [0.15, 0.2) is 0 Å². The summed E-state index contributed by atoms with van der Waals surface area (Å²) < 4.78 is 0. The van der Waals surface area contributed by atoms with Crippen LogP contribution in [0.5, 0.6) is 0 Å². The topological polar surface area (TPSA) is 0 Å². The predicted molar refractivity (Wildman–Crippen MR) is 80.9 cm³/mol. The van der Waals surface area contributed by atoms with Crippen molar-refractivity contribution >= 4 is 12.6 Å². The zero-order valence-corrected chi connectivity index (χ0v) is 18.3. The fourth-order valence-corrected chi connectivity index (χ4v) is 3.14. The molecular formula is C15H32PaS-2. The Balaban J connectivity index is -0.000000616. The summed E-state index contributed by atoms with van der Waals surface area (Å²) in [7, 11) is 0. The number of thiol groups is 1. The van der Waals surface area contributed by atoms with E-state index in [-0.39, 0.29) is 32.3 Å². The molecule has 2 atom stereocenters. The van der Waals surface area contributed by atoms with E-state index in [2.05, 4.69) is 53.7 Å². The average molecular weight is 476 g/mol. The van der Waals surface area contributed by atoms with E-state index in [1.807, 2.05) is 0 Å². The van der Waals surface area contributed by atoms with E-state index in [0.29, 0.717) is 5.41 Å². The van der Waals surface area contributed by atoms with Crippen molar-refractivity contribution in [3.63, 3.8) is 0 Å². The maximum Gasteiger partial charge on any atom is 0 e. The molecule has 0 rings (SSSR count). The van der Waals surface area contributed by atoms with Gasteiger partial charge in [0.2, 0.25) is 0 Å². The summed E-state index contributed by atoms with van der Waals surface area (Å²) in [5.74, 6) is 1.82. The van der Waals surface area contributed by atoms with Crippen LogP contribution < -0.4 is 0 Å². The third-order valence-corrected chi connectivity index (χ3v) is 3.78. The van der Waals surface area contributed by atoms with Gasteiger partial charge in [-0.2, -0.15) is 32.9 Å². The van der Waals surface area contributed by atoms with Crippen molar-refractivity contribution in [1.82, 2.24) is 0 Å². The van der Waals surface area contributed by atoms with E-state index in [4.69, 9.17) is 0 Å². The Bertz CT molecular complexity index is 131. The zero-order chi connectivity index (χ0) is 13.0. The molecule has 0 aliphatic rings. The Hall–Kier alpha value is 1.44. The molecule has 0 amide bonds. The molecule has 0 aliphatic carbocycles. The average Bonchev–Trinajstić information content (AvgIpc) is 2.29. The molecule has 0 aromatic heterocycles. The van der Waals surface area contributed by atoms with Crippen LogP contribution in [-0.2, 0) is 0 Å². The number of rotatable bonds is 8. The molecule has 2 unspecified atom stereocenters. The molecule has 0 aromatic rings. The van der Waals surface area contributed by atoms with Crippen molar-refractivity contribution in [2.24, 2.45) is 11.3 Å². The Kier molecular flexibility index (Phi) is 21.4. The first kappa shape index (κ1) is 23.5. The van der Waals surface area contributed by atoms with Crippen LogP contribution in [0.1, 0.15) is 66.7 Å². The van der Waals surface area contributed by atoms with Gasteiger partial charge in [0.25, 0.3) is 0 Å². The maximum atomic E-state index is 4.51. The first-order chi connectivity index (χ1) is 7.64. The summed E-state index contributed by atoms with van der Waals surface area (Å²) in [6, 6.07) is 0. The zero-order valence-electron chi connectivity index (χ0n) is 12.6. The molecule has 0 N–H and O–H groups in total. The maximum absolute atomic E-state index is 4.51. The molecule has 17 heavy (non-hydrogen) atoms. The first-order valence-electron chi connectivity index (χ1n) is 6.74. The van der Waals surface area contributed by atoms with Gasteiger partial charge in [0, 0.05) is 32.3 Å². The number of hydrogen-bond donors (Lipinski definition) is 1. The van der Waals surface area contributed by atoms with E-state index in [1.165, 1.54) is 32.1 Å². The first-order valence-corrected chi connectivity index (χ1v) is 7.37. The van der Waals surface area contributed by atoms with Gasteiger partial charge in [-0.25, -0.2) is 0 Å². The fraction of sp³-hybridized carbons (Fsp3) is 0.867. The van der Waals surface area contributed by atoms with Crippen LogP contribution in [0.25, 0.3) is 0 Å². The molecule has 0 spiro atoms. The van der Waals surface area contributed by atoms with Crippen LogP contribution in [0, 0.1) is 57.0 Å². The molecule has 0 saturated heterocycles. The summed E-state index contributed by atoms with van der Waals surface area (Å²) in [6.07, 6.45) is 8.80. The van der Waals surface area contributed by atoms with Gasteiger partial charge in [-0.05, 0) is 18.1 Å². The molecule has 0 nitrogen and oxygen atoms in total. The second kappa shape index (κ2) is 15.5. The second-order valence-corrected chi connectivity index (χ2v) is 5.05. The molecule has 103 valence electrons. The van der Waals surface area contributed by atoms with Crippen molar-refractivity contribution < 1.29 is 32.3 Å². The van der Waals surface area contributed by atoms with E-state index in [9.17, 15) is 0 Å². The minimum absolute atomic E-state index is 0. The van der Waals surface area contributed by atoms with E-state index >= 15 is 0 Å². The SMILES string of the molecule is C[CH-]CC(C)(CCC)C(CS)CCC.[CH2-]C.[Pa]. The second-order valence-electron chi connectivity index (χ2n) is 4.68. The quantitative estimate of drug-likeness (QED) is 0.343. The van der Waals surface area contributed by atoms with Gasteiger partial charge in [0.05, 0.1) is 0 Å². The molecule has 0 heterocycles. The van der Waals surface area contributed by atoms with Crippen LogP contribution in [0.3, 0.4) is 0 Å². The largest absolute Gasteiger partial charge is 0.346 e. The predicted octanol–water partition coefficient (Wildman–Crippen LogP) is 5.59. The Labute approximate surface area is 141 Å². The van der Waals surface area contributed by atoms with Gasteiger partial charge in [-0.1, -0.05) is 45.4 Å². The molecule has 2 heteroatoms. The minimum atomic E-state index is 0. The normalized spacial score (nSPS) is 15.0.